The van der Waals surface area contributed by atoms with E-state index in [4.69, 9.17) is 0 Å². The molecule has 0 amide bonds. The maximum atomic E-state index is 9.89. The lowest BCUT2D eigenvalue weighted by atomic mass is 10.1. The monoisotopic (exact) mass is 257 g/mol. The standard InChI is InChI=1S/C14H27NOS/c1-4-6-7-13(16)11-15(3)12-8-9-14(10-12)17-5-2/h4,12-14,16H,1,5-11H2,2-3H3. The van der Waals surface area contributed by atoms with Crippen LogP contribution in [0.2, 0.25) is 0 Å². The van der Waals surface area contributed by atoms with Crippen molar-refractivity contribution in [1.82, 2.24) is 4.90 Å². The minimum absolute atomic E-state index is 0.198. The van der Waals surface area contributed by atoms with Gasteiger partial charge in [0, 0.05) is 17.8 Å². The third-order valence-corrected chi connectivity index (χ3v) is 4.82. The molecule has 0 aromatic carbocycles. The van der Waals surface area contributed by atoms with Crippen molar-refractivity contribution in [2.24, 2.45) is 0 Å². The summed E-state index contributed by atoms with van der Waals surface area (Å²) in [5.41, 5.74) is 0. The summed E-state index contributed by atoms with van der Waals surface area (Å²) in [7, 11) is 2.15. The van der Waals surface area contributed by atoms with Gasteiger partial charge < -0.3 is 10.0 Å². The molecule has 3 atom stereocenters. The van der Waals surface area contributed by atoms with E-state index < -0.39 is 0 Å². The van der Waals surface area contributed by atoms with Crippen molar-refractivity contribution in [1.29, 1.82) is 0 Å². The number of rotatable bonds is 8. The van der Waals surface area contributed by atoms with E-state index in [1.54, 1.807) is 0 Å². The predicted octanol–water partition coefficient (Wildman–Crippen LogP) is 2.92. The smallest absolute Gasteiger partial charge is 0.0670 e. The number of nitrogens with zero attached hydrogens (tertiary/aromatic N) is 1. The molecular formula is C14H27NOS. The van der Waals surface area contributed by atoms with Crippen LogP contribution in [0.25, 0.3) is 0 Å². The van der Waals surface area contributed by atoms with Crippen LogP contribution in [-0.4, -0.2) is 46.7 Å². The lowest BCUT2D eigenvalue weighted by Gasteiger charge is -2.26. The Morgan fingerprint density at radius 1 is 1.53 bits per heavy atom. The molecule has 0 radical (unpaired) electrons. The van der Waals surface area contributed by atoms with Gasteiger partial charge in [0.1, 0.15) is 0 Å². The van der Waals surface area contributed by atoms with E-state index in [1.807, 2.05) is 6.08 Å². The van der Waals surface area contributed by atoms with Crippen molar-refractivity contribution in [3.05, 3.63) is 12.7 Å². The molecule has 0 spiro atoms. The summed E-state index contributed by atoms with van der Waals surface area (Å²) in [6, 6.07) is 0.678. The molecule has 1 saturated carbocycles. The van der Waals surface area contributed by atoms with Crippen LogP contribution in [0.5, 0.6) is 0 Å². The summed E-state index contributed by atoms with van der Waals surface area (Å²) in [6.45, 7) is 6.74. The topological polar surface area (TPSA) is 23.5 Å². The minimum Gasteiger partial charge on any atom is -0.392 e. The lowest BCUT2D eigenvalue weighted by Crippen LogP contribution is -2.36. The van der Waals surface area contributed by atoms with E-state index in [1.165, 1.54) is 25.0 Å². The first-order valence-electron chi connectivity index (χ1n) is 6.78. The molecular weight excluding hydrogens is 230 g/mol. The van der Waals surface area contributed by atoms with Crippen LogP contribution in [0.4, 0.5) is 0 Å². The fraction of sp³-hybridized carbons (Fsp3) is 0.857. The predicted molar refractivity (Wildman–Crippen MR) is 77.6 cm³/mol. The number of aliphatic hydroxyl groups excluding tert-OH is 1. The van der Waals surface area contributed by atoms with Crippen LogP contribution in [0.1, 0.15) is 39.0 Å². The second kappa shape index (κ2) is 8.17. The van der Waals surface area contributed by atoms with Gasteiger partial charge in [-0.15, -0.1) is 6.58 Å². The van der Waals surface area contributed by atoms with Crippen LogP contribution in [0.15, 0.2) is 12.7 Å². The zero-order valence-corrected chi connectivity index (χ0v) is 12.1. The van der Waals surface area contributed by atoms with Gasteiger partial charge in [0.15, 0.2) is 0 Å². The zero-order chi connectivity index (χ0) is 12.7. The van der Waals surface area contributed by atoms with E-state index in [2.05, 4.69) is 37.2 Å². The molecule has 0 aromatic heterocycles. The fourth-order valence-corrected chi connectivity index (χ4v) is 3.72. The van der Waals surface area contributed by atoms with Gasteiger partial charge in [-0.3, -0.25) is 0 Å². The quantitative estimate of drug-likeness (QED) is 0.676. The molecule has 3 heteroatoms. The molecule has 0 saturated heterocycles. The molecule has 17 heavy (non-hydrogen) atoms. The maximum Gasteiger partial charge on any atom is 0.0670 e. The number of hydrogen-bond donors (Lipinski definition) is 1. The molecule has 0 aromatic rings. The number of hydrogen-bond acceptors (Lipinski definition) is 3. The van der Waals surface area contributed by atoms with E-state index in [9.17, 15) is 5.11 Å². The maximum absolute atomic E-state index is 9.89. The number of aliphatic hydroxyl groups is 1. The van der Waals surface area contributed by atoms with E-state index >= 15 is 0 Å². The Hall–Kier alpha value is 0.0100. The fourth-order valence-electron chi connectivity index (χ4n) is 2.59. The van der Waals surface area contributed by atoms with E-state index in [0.29, 0.717) is 6.04 Å². The first-order valence-corrected chi connectivity index (χ1v) is 7.83. The molecule has 0 bridgehead atoms. The zero-order valence-electron chi connectivity index (χ0n) is 11.3. The molecule has 1 fully saturated rings. The molecule has 100 valence electrons. The second-order valence-electron chi connectivity index (χ2n) is 5.00. The van der Waals surface area contributed by atoms with Gasteiger partial charge in [-0.2, -0.15) is 11.8 Å². The molecule has 0 heterocycles. The summed E-state index contributed by atoms with van der Waals surface area (Å²) in [6.07, 6.45) is 7.37. The second-order valence-corrected chi connectivity index (χ2v) is 6.58. The number of allylic oxidation sites excluding steroid dienone is 1. The van der Waals surface area contributed by atoms with Crippen molar-refractivity contribution in [3.63, 3.8) is 0 Å². The van der Waals surface area contributed by atoms with Crippen molar-refractivity contribution in [3.8, 4) is 0 Å². The Labute approximate surface area is 110 Å². The van der Waals surface area contributed by atoms with Crippen molar-refractivity contribution < 1.29 is 5.11 Å². The highest BCUT2D eigenvalue weighted by atomic mass is 32.2. The van der Waals surface area contributed by atoms with Crippen LogP contribution < -0.4 is 0 Å². The van der Waals surface area contributed by atoms with Gasteiger partial charge in [0.2, 0.25) is 0 Å². The lowest BCUT2D eigenvalue weighted by molar-refractivity contribution is 0.0992. The highest BCUT2D eigenvalue weighted by molar-refractivity contribution is 7.99. The third-order valence-electron chi connectivity index (χ3n) is 3.59. The molecule has 1 N–H and O–H groups in total. The van der Waals surface area contributed by atoms with Gasteiger partial charge in [0.25, 0.3) is 0 Å². The highest BCUT2D eigenvalue weighted by Crippen LogP contribution is 2.32. The molecule has 1 rings (SSSR count). The molecule has 2 nitrogen and oxygen atoms in total. The van der Waals surface area contributed by atoms with Crippen LogP contribution in [-0.2, 0) is 0 Å². The van der Waals surface area contributed by atoms with Crippen LogP contribution >= 0.6 is 11.8 Å². The Kier molecular flexibility index (Phi) is 7.24. The number of likely N-dealkylation sites (N-methyl/N-ethyl adjacent to an activating group) is 1. The summed E-state index contributed by atoms with van der Waals surface area (Å²) in [5, 5.41) is 10.7. The first kappa shape index (κ1) is 15.1. The first-order chi connectivity index (χ1) is 8.17. The molecule has 0 aliphatic heterocycles. The highest BCUT2D eigenvalue weighted by Gasteiger charge is 2.27. The summed E-state index contributed by atoms with van der Waals surface area (Å²) >= 11 is 2.09. The Balaban J connectivity index is 2.23. The van der Waals surface area contributed by atoms with Crippen molar-refractivity contribution in [2.45, 2.75) is 56.4 Å². The van der Waals surface area contributed by atoms with Crippen molar-refractivity contribution in [2.75, 3.05) is 19.3 Å². The Morgan fingerprint density at radius 3 is 2.94 bits per heavy atom. The average molecular weight is 257 g/mol. The van der Waals surface area contributed by atoms with Gasteiger partial charge in [-0.1, -0.05) is 13.0 Å². The molecule has 3 unspecified atom stereocenters. The van der Waals surface area contributed by atoms with E-state index in [-0.39, 0.29) is 6.10 Å². The Bertz CT molecular complexity index is 222. The number of thioether (sulfide) groups is 1. The largest absolute Gasteiger partial charge is 0.392 e. The SMILES string of the molecule is C=CCCC(O)CN(C)C1CCC(SCC)C1. The average Bonchev–Trinajstić information content (AvgIpc) is 2.75. The summed E-state index contributed by atoms with van der Waals surface area (Å²) < 4.78 is 0. The van der Waals surface area contributed by atoms with E-state index in [0.717, 1.165) is 24.6 Å². The van der Waals surface area contributed by atoms with Gasteiger partial charge in [0.05, 0.1) is 6.10 Å². The minimum atomic E-state index is -0.198. The molecule has 1 aliphatic carbocycles. The van der Waals surface area contributed by atoms with Crippen LogP contribution in [0, 0.1) is 0 Å². The molecule has 1 aliphatic rings. The third kappa shape index (κ3) is 5.45. The van der Waals surface area contributed by atoms with Crippen LogP contribution in [0.3, 0.4) is 0 Å². The summed E-state index contributed by atoms with van der Waals surface area (Å²) in [4.78, 5) is 2.35. The van der Waals surface area contributed by atoms with Gasteiger partial charge in [-0.05, 0) is 44.9 Å². The normalized spacial score (nSPS) is 26.4. The summed E-state index contributed by atoms with van der Waals surface area (Å²) in [5.74, 6) is 1.23. The van der Waals surface area contributed by atoms with Gasteiger partial charge >= 0.3 is 0 Å². The van der Waals surface area contributed by atoms with Gasteiger partial charge in [-0.25, -0.2) is 0 Å². The Morgan fingerprint density at radius 2 is 2.29 bits per heavy atom. The van der Waals surface area contributed by atoms with Crippen molar-refractivity contribution >= 4 is 11.8 Å².